The highest BCUT2D eigenvalue weighted by atomic mass is 35.5. The van der Waals surface area contributed by atoms with Gasteiger partial charge in [-0.3, -0.25) is 14.4 Å². The lowest BCUT2D eigenvalue weighted by Crippen LogP contribution is -2.46. The molecular formula is C16H16ClN3O4S. The Bertz CT molecular complexity index is 962. The Hall–Kier alpha value is -2.16. The summed E-state index contributed by atoms with van der Waals surface area (Å²) in [5.41, 5.74) is 7.25. The Morgan fingerprint density at radius 3 is 2.68 bits per heavy atom. The van der Waals surface area contributed by atoms with Crippen molar-refractivity contribution in [3.8, 4) is 0 Å². The van der Waals surface area contributed by atoms with Crippen molar-refractivity contribution in [2.45, 2.75) is 24.3 Å². The van der Waals surface area contributed by atoms with Gasteiger partial charge in [-0.05, 0) is 31.0 Å². The zero-order valence-corrected chi connectivity index (χ0v) is 14.9. The van der Waals surface area contributed by atoms with Crippen LogP contribution >= 0.6 is 11.6 Å². The van der Waals surface area contributed by atoms with Crippen molar-refractivity contribution in [2.75, 3.05) is 10.8 Å². The van der Waals surface area contributed by atoms with Crippen LogP contribution in [-0.4, -0.2) is 25.9 Å². The van der Waals surface area contributed by atoms with Crippen molar-refractivity contribution >= 4 is 33.0 Å². The molecule has 0 saturated carbocycles. The van der Waals surface area contributed by atoms with Crippen molar-refractivity contribution in [1.82, 2.24) is 0 Å². The second kappa shape index (κ2) is 6.29. The number of anilines is 1. The zero-order valence-electron chi connectivity index (χ0n) is 13.3. The highest BCUT2D eigenvalue weighted by Gasteiger charge is 2.33. The molecule has 0 bridgehead atoms. The molecule has 25 heavy (non-hydrogen) atoms. The SMILES string of the molecule is Cc1c(Cl)cc(S(=O)(=O)N2CC(N)Cc3ccccc32)cc1[N+](=O)[O-]. The molecule has 2 N–H and O–H groups in total. The van der Waals surface area contributed by atoms with E-state index in [1.165, 1.54) is 17.3 Å². The molecule has 1 unspecified atom stereocenters. The average molecular weight is 382 g/mol. The fourth-order valence-corrected chi connectivity index (χ4v) is 4.80. The van der Waals surface area contributed by atoms with Crippen LogP contribution in [0.5, 0.6) is 0 Å². The predicted octanol–water partition coefficient (Wildman–Crippen LogP) is 2.64. The van der Waals surface area contributed by atoms with E-state index in [1.54, 1.807) is 12.1 Å². The third kappa shape index (κ3) is 3.08. The first kappa shape index (κ1) is 17.7. The van der Waals surface area contributed by atoms with Crippen LogP contribution in [0.25, 0.3) is 0 Å². The van der Waals surface area contributed by atoms with Crippen molar-refractivity contribution in [3.63, 3.8) is 0 Å². The normalized spacial score (nSPS) is 17.2. The molecule has 2 aromatic rings. The Morgan fingerprint density at radius 1 is 1.32 bits per heavy atom. The zero-order chi connectivity index (χ0) is 18.4. The number of nitro groups is 1. The van der Waals surface area contributed by atoms with Crippen molar-refractivity contribution in [3.05, 3.63) is 62.7 Å². The van der Waals surface area contributed by atoms with Crippen LogP contribution in [0.3, 0.4) is 0 Å². The third-order valence-corrected chi connectivity index (χ3v) is 6.37. The summed E-state index contributed by atoms with van der Waals surface area (Å²) in [7, 11) is -4.04. The molecule has 2 aromatic carbocycles. The summed E-state index contributed by atoms with van der Waals surface area (Å²) < 4.78 is 27.4. The first-order valence-electron chi connectivity index (χ1n) is 7.52. The van der Waals surface area contributed by atoms with Gasteiger partial charge in [0, 0.05) is 24.2 Å². The molecule has 0 spiro atoms. The number of rotatable bonds is 3. The van der Waals surface area contributed by atoms with Gasteiger partial charge >= 0.3 is 0 Å². The van der Waals surface area contributed by atoms with Gasteiger partial charge < -0.3 is 5.73 Å². The number of benzene rings is 2. The van der Waals surface area contributed by atoms with E-state index in [2.05, 4.69) is 0 Å². The number of nitro benzene ring substituents is 1. The van der Waals surface area contributed by atoms with Gasteiger partial charge in [-0.1, -0.05) is 29.8 Å². The van der Waals surface area contributed by atoms with Crippen LogP contribution < -0.4 is 10.0 Å². The molecule has 0 aromatic heterocycles. The second-order valence-corrected chi connectivity index (χ2v) is 8.20. The molecule has 3 rings (SSSR count). The Balaban J connectivity index is 2.17. The monoisotopic (exact) mass is 381 g/mol. The summed E-state index contributed by atoms with van der Waals surface area (Å²) in [6, 6.07) is 8.99. The minimum absolute atomic E-state index is 0.0300. The number of sulfonamides is 1. The molecule has 0 radical (unpaired) electrons. The van der Waals surface area contributed by atoms with E-state index in [-0.39, 0.29) is 33.8 Å². The van der Waals surface area contributed by atoms with Crippen LogP contribution in [0.1, 0.15) is 11.1 Å². The van der Waals surface area contributed by atoms with E-state index < -0.39 is 14.9 Å². The lowest BCUT2D eigenvalue weighted by Gasteiger charge is -2.33. The van der Waals surface area contributed by atoms with E-state index in [0.717, 1.165) is 11.6 Å². The van der Waals surface area contributed by atoms with Gasteiger partial charge in [0.2, 0.25) is 0 Å². The third-order valence-electron chi connectivity index (χ3n) is 4.22. The standard InChI is InChI=1S/C16H16ClN3O4S/c1-10-14(17)7-13(8-16(10)20(21)22)25(23,24)19-9-12(18)6-11-4-2-3-5-15(11)19/h2-5,7-8,12H,6,9,18H2,1H3. The summed E-state index contributed by atoms with van der Waals surface area (Å²) in [5, 5.41) is 11.2. The van der Waals surface area contributed by atoms with Crippen LogP contribution in [0.4, 0.5) is 11.4 Å². The summed E-state index contributed by atoms with van der Waals surface area (Å²) in [4.78, 5) is 10.3. The molecule has 0 saturated heterocycles. The topological polar surface area (TPSA) is 107 Å². The van der Waals surface area contributed by atoms with Crippen LogP contribution in [0.15, 0.2) is 41.3 Å². The molecule has 0 fully saturated rings. The minimum Gasteiger partial charge on any atom is -0.326 e. The predicted molar refractivity (Wildman–Crippen MR) is 95.5 cm³/mol. The number of hydrogen-bond acceptors (Lipinski definition) is 5. The largest absolute Gasteiger partial charge is 0.326 e. The van der Waals surface area contributed by atoms with Crippen molar-refractivity contribution < 1.29 is 13.3 Å². The Morgan fingerprint density at radius 2 is 2.00 bits per heavy atom. The summed E-state index contributed by atoms with van der Waals surface area (Å²) in [6.07, 6.45) is 0.566. The molecule has 0 amide bonds. The number of nitrogens with zero attached hydrogens (tertiary/aromatic N) is 2. The van der Waals surface area contributed by atoms with Gasteiger partial charge in [0.15, 0.2) is 0 Å². The van der Waals surface area contributed by atoms with Gasteiger partial charge in [0.25, 0.3) is 15.7 Å². The van der Waals surface area contributed by atoms with Gasteiger partial charge in [-0.15, -0.1) is 0 Å². The maximum absolute atomic E-state index is 13.1. The summed E-state index contributed by atoms with van der Waals surface area (Å²) in [5.74, 6) is 0. The molecule has 1 aliphatic rings. The van der Waals surface area contributed by atoms with E-state index in [1.807, 2.05) is 12.1 Å². The maximum atomic E-state index is 13.1. The van der Waals surface area contributed by atoms with E-state index in [9.17, 15) is 18.5 Å². The molecule has 132 valence electrons. The van der Waals surface area contributed by atoms with E-state index in [0.29, 0.717) is 12.1 Å². The first-order chi connectivity index (χ1) is 11.7. The van der Waals surface area contributed by atoms with Crippen LogP contribution in [0.2, 0.25) is 5.02 Å². The molecule has 1 atom stereocenters. The minimum atomic E-state index is -4.04. The van der Waals surface area contributed by atoms with Crippen LogP contribution in [-0.2, 0) is 16.4 Å². The summed E-state index contributed by atoms with van der Waals surface area (Å²) >= 11 is 6.02. The fraction of sp³-hybridized carbons (Fsp3) is 0.250. The molecule has 1 heterocycles. The van der Waals surface area contributed by atoms with E-state index >= 15 is 0 Å². The fourth-order valence-electron chi connectivity index (χ4n) is 2.92. The number of hydrogen-bond donors (Lipinski definition) is 1. The smallest absolute Gasteiger partial charge is 0.275 e. The second-order valence-electron chi connectivity index (χ2n) is 5.94. The number of nitrogens with two attached hydrogens (primary N) is 1. The number of para-hydroxylation sites is 1. The van der Waals surface area contributed by atoms with Gasteiger partial charge in [-0.25, -0.2) is 8.42 Å². The Kier molecular flexibility index (Phi) is 4.44. The molecule has 7 nitrogen and oxygen atoms in total. The number of fused-ring (bicyclic) bond motifs is 1. The quantitative estimate of drug-likeness (QED) is 0.649. The Labute approximate surface area is 150 Å². The van der Waals surface area contributed by atoms with Gasteiger partial charge in [0.05, 0.1) is 20.5 Å². The lowest BCUT2D eigenvalue weighted by atomic mass is 10.0. The van der Waals surface area contributed by atoms with Crippen molar-refractivity contribution in [2.24, 2.45) is 5.73 Å². The average Bonchev–Trinajstić information content (AvgIpc) is 2.55. The first-order valence-corrected chi connectivity index (χ1v) is 9.34. The lowest BCUT2D eigenvalue weighted by molar-refractivity contribution is -0.385. The van der Waals surface area contributed by atoms with Gasteiger partial charge in [-0.2, -0.15) is 0 Å². The number of halogens is 1. The molecule has 1 aliphatic heterocycles. The summed E-state index contributed by atoms with van der Waals surface area (Å²) in [6.45, 7) is 1.57. The highest BCUT2D eigenvalue weighted by Crippen LogP contribution is 2.35. The molecule has 9 heteroatoms. The molecule has 0 aliphatic carbocycles. The highest BCUT2D eigenvalue weighted by molar-refractivity contribution is 7.92. The van der Waals surface area contributed by atoms with Crippen LogP contribution in [0, 0.1) is 17.0 Å². The molecular weight excluding hydrogens is 366 g/mol. The van der Waals surface area contributed by atoms with E-state index in [4.69, 9.17) is 17.3 Å². The maximum Gasteiger partial charge on any atom is 0.275 e. The van der Waals surface area contributed by atoms with Crippen molar-refractivity contribution in [1.29, 1.82) is 0 Å². The van der Waals surface area contributed by atoms with Gasteiger partial charge in [0.1, 0.15) is 0 Å².